The highest BCUT2D eigenvalue weighted by atomic mass is 35.5. The molecule has 0 unspecified atom stereocenters. The van der Waals surface area contributed by atoms with Crippen LogP contribution < -0.4 is 5.73 Å². The number of anilines is 1. The third kappa shape index (κ3) is 3.86. The standard InChI is InChI=1S/C14H18ClN3O3/c1-21-13(19)9-17-4-6-18(7-5-17)14(20)11-8-10(16)2-3-12(11)15/h2-3,8H,4-7,9,16H2,1H3. The van der Waals surface area contributed by atoms with Crippen molar-refractivity contribution in [2.24, 2.45) is 0 Å². The second-order valence-electron chi connectivity index (χ2n) is 4.88. The number of esters is 1. The van der Waals surface area contributed by atoms with E-state index < -0.39 is 0 Å². The number of hydrogen-bond donors (Lipinski definition) is 1. The van der Waals surface area contributed by atoms with Crippen molar-refractivity contribution >= 4 is 29.2 Å². The molecular formula is C14H18ClN3O3. The van der Waals surface area contributed by atoms with Crippen LogP contribution in [-0.2, 0) is 9.53 Å². The normalized spacial score (nSPS) is 15.8. The Bertz CT molecular complexity index is 542. The quantitative estimate of drug-likeness (QED) is 0.661. The van der Waals surface area contributed by atoms with Crippen LogP contribution in [-0.4, -0.2) is 61.5 Å². The molecule has 2 rings (SSSR count). The van der Waals surface area contributed by atoms with E-state index in [0.717, 1.165) is 0 Å². The Morgan fingerprint density at radius 1 is 1.29 bits per heavy atom. The molecule has 0 aliphatic carbocycles. The molecule has 114 valence electrons. The Hall–Kier alpha value is -1.79. The molecule has 1 aliphatic heterocycles. The van der Waals surface area contributed by atoms with Gasteiger partial charge in [0.15, 0.2) is 0 Å². The number of nitrogen functional groups attached to an aromatic ring is 1. The number of halogens is 1. The number of methoxy groups -OCH3 is 1. The molecule has 7 heteroatoms. The van der Waals surface area contributed by atoms with Gasteiger partial charge in [0.2, 0.25) is 0 Å². The fourth-order valence-corrected chi connectivity index (χ4v) is 2.43. The molecule has 0 radical (unpaired) electrons. The minimum atomic E-state index is -0.270. The summed E-state index contributed by atoms with van der Waals surface area (Å²) in [5.74, 6) is -0.404. The van der Waals surface area contributed by atoms with E-state index in [4.69, 9.17) is 17.3 Å². The molecule has 1 heterocycles. The summed E-state index contributed by atoms with van der Waals surface area (Å²) in [7, 11) is 1.36. The number of piperazine rings is 1. The van der Waals surface area contributed by atoms with E-state index in [-0.39, 0.29) is 18.4 Å². The van der Waals surface area contributed by atoms with Crippen molar-refractivity contribution in [2.75, 3.05) is 45.6 Å². The lowest BCUT2D eigenvalue weighted by Gasteiger charge is -2.34. The van der Waals surface area contributed by atoms with Crippen LogP contribution in [0.5, 0.6) is 0 Å². The fourth-order valence-electron chi connectivity index (χ4n) is 2.23. The molecular weight excluding hydrogens is 294 g/mol. The summed E-state index contributed by atoms with van der Waals surface area (Å²) in [5.41, 5.74) is 6.62. The van der Waals surface area contributed by atoms with E-state index in [2.05, 4.69) is 4.74 Å². The number of benzene rings is 1. The van der Waals surface area contributed by atoms with Crippen LogP contribution in [0.2, 0.25) is 5.02 Å². The molecule has 0 bridgehead atoms. The van der Waals surface area contributed by atoms with Gasteiger partial charge in [-0.3, -0.25) is 14.5 Å². The van der Waals surface area contributed by atoms with Crippen molar-refractivity contribution in [3.63, 3.8) is 0 Å². The zero-order valence-corrected chi connectivity index (χ0v) is 12.6. The molecule has 0 spiro atoms. The Morgan fingerprint density at radius 3 is 2.57 bits per heavy atom. The van der Waals surface area contributed by atoms with Crippen molar-refractivity contribution in [3.05, 3.63) is 28.8 Å². The topological polar surface area (TPSA) is 75.9 Å². The van der Waals surface area contributed by atoms with Crippen LogP contribution >= 0.6 is 11.6 Å². The lowest BCUT2D eigenvalue weighted by molar-refractivity contribution is -0.142. The maximum Gasteiger partial charge on any atom is 0.319 e. The van der Waals surface area contributed by atoms with Gasteiger partial charge in [0.05, 0.1) is 24.2 Å². The largest absolute Gasteiger partial charge is 0.468 e. The molecule has 1 aromatic carbocycles. The van der Waals surface area contributed by atoms with E-state index in [9.17, 15) is 9.59 Å². The number of nitrogens with zero attached hydrogens (tertiary/aromatic N) is 2. The maximum atomic E-state index is 12.4. The molecule has 2 N–H and O–H groups in total. The van der Waals surface area contributed by atoms with Gasteiger partial charge in [-0.15, -0.1) is 0 Å². The van der Waals surface area contributed by atoms with E-state index >= 15 is 0 Å². The summed E-state index contributed by atoms with van der Waals surface area (Å²) < 4.78 is 4.63. The van der Waals surface area contributed by atoms with Crippen LogP contribution in [0.3, 0.4) is 0 Å². The van der Waals surface area contributed by atoms with Gasteiger partial charge in [0.1, 0.15) is 0 Å². The van der Waals surface area contributed by atoms with Crippen molar-refractivity contribution in [1.29, 1.82) is 0 Å². The first kappa shape index (κ1) is 15.6. The van der Waals surface area contributed by atoms with Crippen LogP contribution in [0.15, 0.2) is 18.2 Å². The second kappa shape index (κ2) is 6.78. The summed E-state index contributed by atoms with van der Waals surface area (Å²) in [6, 6.07) is 4.87. The molecule has 0 saturated carbocycles. The molecule has 1 amide bonds. The average Bonchev–Trinajstić information content (AvgIpc) is 2.49. The first-order valence-corrected chi connectivity index (χ1v) is 7.02. The summed E-state index contributed by atoms with van der Waals surface area (Å²) in [6.07, 6.45) is 0. The first-order chi connectivity index (χ1) is 10.0. The summed E-state index contributed by atoms with van der Waals surface area (Å²) >= 11 is 6.05. The molecule has 0 aromatic heterocycles. The number of ether oxygens (including phenoxy) is 1. The van der Waals surface area contributed by atoms with Crippen LogP contribution in [0.25, 0.3) is 0 Å². The highest BCUT2D eigenvalue weighted by molar-refractivity contribution is 6.34. The fraction of sp³-hybridized carbons (Fsp3) is 0.429. The molecule has 1 aliphatic rings. The predicted molar refractivity (Wildman–Crippen MR) is 80.2 cm³/mol. The summed E-state index contributed by atoms with van der Waals surface area (Å²) in [6.45, 7) is 2.58. The summed E-state index contributed by atoms with van der Waals surface area (Å²) in [5, 5.41) is 0.395. The van der Waals surface area contributed by atoms with E-state index in [0.29, 0.717) is 42.5 Å². The minimum Gasteiger partial charge on any atom is -0.468 e. The second-order valence-corrected chi connectivity index (χ2v) is 5.29. The first-order valence-electron chi connectivity index (χ1n) is 6.64. The number of hydrogen-bond acceptors (Lipinski definition) is 5. The third-order valence-electron chi connectivity index (χ3n) is 3.46. The van der Waals surface area contributed by atoms with Crippen LogP contribution in [0.1, 0.15) is 10.4 Å². The Labute approximate surface area is 128 Å². The zero-order valence-electron chi connectivity index (χ0n) is 11.8. The number of rotatable bonds is 3. The molecule has 21 heavy (non-hydrogen) atoms. The van der Waals surface area contributed by atoms with E-state index in [1.807, 2.05) is 4.90 Å². The number of carbonyl (C=O) groups excluding carboxylic acids is 2. The lowest BCUT2D eigenvalue weighted by atomic mass is 10.1. The Balaban J connectivity index is 1.97. The zero-order chi connectivity index (χ0) is 15.4. The summed E-state index contributed by atoms with van der Waals surface area (Å²) in [4.78, 5) is 27.3. The highest BCUT2D eigenvalue weighted by Crippen LogP contribution is 2.21. The van der Waals surface area contributed by atoms with Gasteiger partial charge in [0, 0.05) is 31.9 Å². The lowest BCUT2D eigenvalue weighted by Crippen LogP contribution is -2.50. The van der Waals surface area contributed by atoms with Gasteiger partial charge in [-0.1, -0.05) is 11.6 Å². The highest BCUT2D eigenvalue weighted by Gasteiger charge is 2.24. The number of amides is 1. The van der Waals surface area contributed by atoms with Crippen LogP contribution in [0, 0.1) is 0 Å². The maximum absolute atomic E-state index is 12.4. The molecule has 0 atom stereocenters. The van der Waals surface area contributed by atoms with Crippen LogP contribution in [0.4, 0.5) is 5.69 Å². The SMILES string of the molecule is COC(=O)CN1CCN(C(=O)c2cc(N)ccc2Cl)CC1. The van der Waals surface area contributed by atoms with Crippen molar-refractivity contribution in [2.45, 2.75) is 0 Å². The molecule has 1 fully saturated rings. The van der Waals surface area contributed by atoms with Crippen molar-refractivity contribution in [1.82, 2.24) is 9.80 Å². The monoisotopic (exact) mass is 311 g/mol. The third-order valence-corrected chi connectivity index (χ3v) is 3.79. The predicted octanol–water partition coefficient (Wildman–Crippen LogP) is 0.853. The van der Waals surface area contributed by atoms with E-state index in [1.54, 1.807) is 23.1 Å². The van der Waals surface area contributed by atoms with Gasteiger partial charge >= 0.3 is 5.97 Å². The Kier molecular flexibility index (Phi) is 5.03. The minimum absolute atomic E-state index is 0.134. The number of nitrogens with two attached hydrogens (primary N) is 1. The van der Waals surface area contributed by atoms with Gasteiger partial charge in [-0.2, -0.15) is 0 Å². The number of carbonyl (C=O) groups is 2. The molecule has 6 nitrogen and oxygen atoms in total. The Morgan fingerprint density at radius 2 is 1.95 bits per heavy atom. The van der Waals surface area contributed by atoms with Gasteiger partial charge in [-0.05, 0) is 18.2 Å². The van der Waals surface area contributed by atoms with Crippen molar-refractivity contribution in [3.8, 4) is 0 Å². The average molecular weight is 312 g/mol. The van der Waals surface area contributed by atoms with E-state index in [1.165, 1.54) is 7.11 Å². The molecule has 1 aromatic rings. The molecule has 1 saturated heterocycles. The smallest absolute Gasteiger partial charge is 0.319 e. The van der Waals surface area contributed by atoms with Gasteiger partial charge in [-0.25, -0.2) is 0 Å². The van der Waals surface area contributed by atoms with Gasteiger partial charge < -0.3 is 15.4 Å². The van der Waals surface area contributed by atoms with Crippen molar-refractivity contribution < 1.29 is 14.3 Å². The van der Waals surface area contributed by atoms with Gasteiger partial charge in [0.25, 0.3) is 5.91 Å².